The van der Waals surface area contributed by atoms with E-state index in [4.69, 9.17) is 0 Å². The van der Waals surface area contributed by atoms with Crippen LogP contribution < -0.4 is 0 Å². The van der Waals surface area contributed by atoms with Crippen molar-refractivity contribution in [1.29, 1.82) is 0 Å². The fourth-order valence-electron chi connectivity index (χ4n) is 1.10. The average molecular weight is 235 g/mol. The Bertz CT molecular complexity index is 365. The van der Waals surface area contributed by atoms with Crippen LogP contribution in [0.5, 0.6) is 0 Å². The third-order valence-corrected chi connectivity index (χ3v) is 2.13. The van der Waals surface area contributed by atoms with Gasteiger partial charge in [0, 0.05) is 24.6 Å². The molecule has 0 aromatic carbocycles. The summed E-state index contributed by atoms with van der Waals surface area (Å²) in [5.74, 6) is -0.422. The summed E-state index contributed by atoms with van der Waals surface area (Å²) in [6.45, 7) is 0. The highest BCUT2D eigenvalue weighted by atomic mass is 32.1. The van der Waals surface area contributed by atoms with E-state index in [9.17, 15) is 18.0 Å². The van der Waals surface area contributed by atoms with E-state index in [2.05, 4.69) is 17.6 Å². The Labute approximate surface area is 89.9 Å². The minimum atomic E-state index is -4.47. The highest BCUT2D eigenvalue weighted by Gasteiger charge is 2.33. The molecule has 0 bridgehead atoms. The van der Waals surface area contributed by atoms with Gasteiger partial charge in [-0.25, -0.2) is 0 Å². The smallest absolute Gasteiger partial charge is 0.298 e. The highest BCUT2D eigenvalue weighted by Crippen LogP contribution is 2.31. The van der Waals surface area contributed by atoms with Gasteiger partial charge in [-0.1, -0.05) is 0 Å². The normalized spacial score (nSPS) is 11.5. The maximum absolute atomic E-state index is 12.4. The molecule has 1 aromatic rings. The molecule has 82 valence electrons. The van der Waals surface area contributed by atoms with Crippen molar-refractivity contribution in [2.45, 2.75) is 12.6 Å². The molecular weight excluding hydrogens is 227 g/mol. The van der Waals surface area contributed by atoms with Gasteiger partial charge in [-0.05, 0) is 11.6 Å². The first-order valence-electron chi connectivity index (χ1n) is 4.08. The summed E-state index contributed by atoms with van der Waals surface area (Å²) >= 11 is 3.71. The van der Waals surface area contributed by atoms with Crippen molar-refractivity contribution >= 4 is 18.4 Å². The lowest BCUT2D eigenvalue weighted by molar-refractivity contribution is -0.138. The van der Waals surface area contributed by atoms with Crippen LogP contribution >= 0.6 is 12.6 Å². The van der Waals surface area contributed by atoms with Crippen LogP contribution in [0.1, 0.15) is 11.1 Å². The lowest BCUT2D eigenvalue weighted by Crippen LogP contribution is -2.13. The molecule has 0 unspecified atom stereocenters. The van der Waals surface area contributed by atoms with E-state index in [-0.39, 0.29) is 23.5 Å². The van der Waals surface area contributed by atoms with Crippen LogP contribution in [0.4, 0.5) is 13.2 Å². The van der Waals surface area contributed by atoms with Crippen molar-refractivity contribution in [2.75, 3.05) is 5.75 Å². The van der Waals surface area contributed by atoms with E-state index in [0.717, 1.165) is 6.20 Å². The molecule has 0 aliphatic heterocycles. The molecule has 2 nitrogen and oxygen atoms in total. The number of carbonyl (C=O) groups is 1. The summed E-state index contributed by atoms with van der Waals surface area (Å²) in [5.41, 5.74) is -0.920. The molecule has 0 atom stereocenters. The molecule has 1 heterocycles. The summed E-state index contributed by atoms with van der Waals surface area (Å²) < 4.78 is 37.3. The molecule has 0 saturated carbocycles. The quantitative estimate of drug-likeness (QED) is 0.813. The Hall–Kier alpha value is -1.04. The van der Waals surface area contributed by atoms with Crippen molar-refractivity contribution in [1.82, 2.24) is 4.98 Å². The number of ketones is 1. The molecule has 0 aliphatic carbocycles. The van der Waals surface area contributed by atoms with Crippen LogP contribution in [0.15, 0.2) is 18.5 Å². The minimum Gasteiger partial charge on any atom is -0.298 e. The van der Waals surface area contributed by atoms with Crippen molar-refractivity contribution in [2.24, 2.45) is 0 Å². The third kappa shape index (κ3) is 3.23. The number of alkyl halides is 3. The lowest BCUT2D eigenvalue weighted by atomic mass is 10.1. The minimum absolute atomic E-state index is 0.0587. The second-order valence-electron chi connectivity index (χ2n) is 2.90. The number of hydrogen-bond acceptors (Lipinski definition) is 3. The summed E-state index contributed by atoms with van der Waals surface area (Å²) in [6, 6.07) is 1.20. The fourth-order valence-corrected chi connectivity index (χ4v) is 1.21. The predicted molar refractivity (Wildman–Crippen MR) is 51.8 cm³/mol. The molecule has 6 heteroatoms. The maximum Gasteiger partial charge on any atom is 0.418 e. The molecule has 0 aliphatic rings. The van der Waals surface area contributed by atoms with E-state index < -0.39 is 11.7 Å². The maximum atomic E-state index is 12.4. The number of thiol groups is 1. The second kappa shape index (κ2) is 4.65. The number of Topliss-reactive ketones (excluding diaryl/α,β-unsaturated/α-hetero) is 1. The number of hydrogen-bond donors (Lipinski definition) is 1. The Morgan fingerprint density at radius 1 is 1.47 bits per heavy atom. The first-order chi connectivity index (χ1) is 6.95. The molecule has 0 amide bonds. The van der Waals surface area contributed by atoms with Crippen LogP contribution in [0, 0.1) is 0 Å². The van der Waals surface area contributed by atoms with E-state index >= 15 is 0 Å². The zero-order valence-electron chi connectivity index (χ0n) is 7.58. The Morgan fingerprint density at radius 3 is 2.67 bits per heavy atom. The third-order valence-electron chi connectivity index (χ3n) is 1.78. The monoisotopic (exact) mass is 235 g/mol. The standard InChI is InChI=1S/C9H8F3NOS/c10-9(11,12)8-4-13-2-1-6(8)3-7(14)5-15/h1-2,4,15H,3,5H2. The van der Waals surface area contributed by atoms with Crippen LogP contribution in [-0.4, -0.2) is 16.5 Å². The highest BCUT2D eigenvalue weighted by molar-refractivity contribution is 7.81. The van der Waals surface area contributed by atoms with Gasteiger partial charge in [-0.3, -0.25) is 9.78 Å². The first-order valence-corrected chi connectivity index (χ1v) is 4.71. The van der Waals surface area contributed by atoms with E-state index in [1.54, 1.807) is 0 Å². The fraction of sp³-hybridized carbons (Fsp3) is 0.333. The zero-order valence-corrected chi connectivity index (χ0v) is 8.48. The van der Waals surface area contributed by atoms with Gasteiger partial charge in [0.15, 0.2) is 0 Å². The molecular formula is C9H8F3NOS. The Kier molecular flexibility index (Phi) is 3.73. The van der Waals surface area contributed by atoms with Crippen LogP contribution in [0.3, 0.4) is 0 Å². The van der Waals surface area contributed by atoms with E-state index in [0.29, 0.717) is 0 Å². The molecule has 1 aromatic heterocycles. The van der Waals surface area contributed by atoms with Gasteiger partial charge in [0.1, 0.15) is 5.78 Å². The first kappa shape index (κ1) is 12.0. The summed E-state index contributed by atoms with van der Waals surface area (Å²) in [4.78, 5) is 14.4. The summed E-state index contributed by atoms with van der Waals surface area (Å²) in [7, 11) is 0. The molecule has 0 radical (unpaired) electrons. The SMILES string of the molecule is O=C(CS)Cc1ccncc1C(F)(F)F. The molecule has 1 rings (SSSR count). The van der Waals surface area contributed by atoms with E-state index in [1.165, 1.54) is 12.3 Å². The number of aromatic nitrogens is 1. The number of carbonyl (C=O) groups excluding carboxylic acids is 1. The van der Waals surface area contributed by atoms with Crippen LogP contribution in [-0.2, 0) is 17.4 Å². The van der Waals surface area contributed by atoms with Gasteiger partial charge >= 0.3 is 6.18 Å². The van der Waals surface area contributed by atoms with Gasteiger partial charge in [-0.15, -0.1) is 0 Å². The number of halogens is 3. The summed E-state index contributed by atoms with van der Waals surface area (Å²) in [5, 5.41) is 0. The van der Waals surface area contributed by atoms with Gasteiger partial charge in [0.25, 0.3) is 0 Å². The van der Waals surface area contributed by atoms with Gasteiger partial charge < -0.3 is 0 Å². The van der Waals surface area contributed by atoms with Crippen LogP contribution in [0.25, 0.3) is 0 Å². The van der Waals surface area contributed by atoms with Crippen LogP contribution in [0.2, 0.25) is 0 Å². The van der Waals surface area contributed by atoms with Gasteiger partial charge in [-0.2, -0.15) is 25.8 Å². The largest absolute Gasteiger partial charge is 0.418 e. The molecule has 0 saturated heterocycles. The zero-order chi connectivity index (χ0) is 11.5. The van der Waals surface area contributed by atoms with Crippen molar-refractivity contribution in [3.05, 3.63) is 29.6 Å². The van der Waals surface area contributed by atoms with Gasteiger partial charge in [0.2, 0.25) is 0 Å². The Balaban J connectivity index is 3.02. The topological polar surface area (TPSA) is 30.0 Å². The number of pyridine rings is 1. The second-order valence-corrected chi connectivity index (χ2v) is 3.22. The number of rotatable bonds is 3. The van der Waals surface area contributed by atoms with E-state index in [1.807, 2.05) is 0 Å². The molecule has 0 fully saturated rings. The molecule has 15 heavy (non-hydrogen) atoms. The predicted octanol–water partition coefficient (Wildman–Crippen LogP) is 2.14. The van der Waals surface area contributed by atoms with Crippen molar-refractivity contribution < 1.29 is 18.0 Å². The number of nitrogens with zero attached hydrogens (tertiary/aromatic N) is 1. The van der Waals surface area contributed by atoms with Crippen molar-refractivity contribution in [3.63, 3.8) is 0 Å². The molecule has 0 spiro atoms. The van der Waals surface area contributed by atoms with Crippen molar-refractivity contribution in [3.8, 4) is 0 Å². The Morgan fingerprint density at radius 2 is 2.13 bits per heavy atom. The lowest BCUT2D eigenvalue weighted by Gasteiger charge is -2.10. The molecule has 0 N–H and O–H groups in total. The average Bonchev–Trinajstić information content (AvgIpc) is 2.17. The summed E-state index contributed by atoms with van der Waals surface area (Å²) in [6.07, 6.45) is -2.78. The van der Waals surface area contributed by atoms with Gasteiger partial charge in [0.05, 0.1) is 5.56 Å².